The van der Waals surface area contributed by atoms with E-state index in [1.165, 1.54) is 11.6 Å². The average molecular weight is 784 g/mol. The smallest absolute Gasteiger partial charge is 0.398 e. The topological polar surface area (TPSA) is 133 Å². The third kappa shape index (κ3) is 10.1. The first kappa shape index (κ1) is 34.5. The van der Waals surface area contributed by atoms with Crippen LogP contribution in [0.1, 0.15) is 45.7 Å². The van der Waals surface area contributed by atoms with Gasteiger partial charge in [0.15, 0.2) is 11.6 Å². The number of nitrogen functional groups attached to an aromatic ring is 1. The van der Waals surface area contributed by atoms with Gasteiger partial charge in [0.2, 0.25) is 11.8 Å². The van der Waals surface area contributed by atoms with Crippen LogP contribution in [-0.4, -0.2) is 32.4 Å². The molecule has 4 aromatic carbocycles. The molecule has 246 valence electrons. The Kier molecular flexibility index (Phi) is 11.4. The molecule has 0 fully saturated rings. The third-order valence-corrected chi connectivity index (χ3v) is 8.09. The molecule has 14 heteroatoms. The molecule has 6 rings (SSSR count). The van der Waals surface area contributed by atoms with Gasteiger partial charge in [0.1, 0.15) is 0 Å². The average Bonchev–Trinajstić information content (AvgIpc) is 3.69. The summed E-state index contributed by atoms with van der Waals surface area (Å²) in [7, 11) is 0. The lowest BCUT2D eigenvalue weighted by atomic mass is 10.1. The van der Waals surface area contributed by atoms with Crippen LogP contribution in [-0.2, 0) is 30.5 Å². The predicted molar refractivity (Wildman–Crippen MR) is 180 cm³/mol. The minimum absolute atomic E-state index is 0.0244. The Labute approximate surface area is 290 Å². The SMILES string of the molecule is Nc1ccc(Cc2nc(Cc3ccccc3)no2)cc1Br.O=C(Nc1ccc(Cc2nc(Cc3ccccc3)no2)cc1Br)C(F)(F)F. The van der Waals surface area contributed by atoms with Crippen molar-refractivity contribution >= 4 is 49.1 Å². The third-order valence-electron chi connectivity index (χ3n) is 6.75. The lowest BCUT2D eigenvalue weighted by molar-refractivity contribution is -0.167. The normalized spacial score (nSPS) is 11.1. The maximum absolute atomic E-state index is 12.3. The Morgan fingerprint density at radius 3 is 1.60 bits per heavy atom. The molecule has 2 aromatic heterocycles. The van der Waals surface area contributed by atoms with Crippen molar-refractivity contribution < 1.29 is 27.0 Å². The molecule has 2 heterocycles. The Morgan fingerprint density at radius 2 is 1.15 bits per heavy atom. The van der Waals surface area contributed by atoms with Gasteiger partial charge in [-0.2, -0.15) is 23.1 Å². The van der Waals surface area contributed by atoms with Crippen LogP contribution < -0.4 is 11.1 Å². The summed E-state index contributed by atoms with van der Waals surface area (Å²) in [6, 6.07) is 30.1. The Morgan fingerprint density at radius 1 is 0.667 bits per heavy atom. The minimum atomic E-state index is -4.95. The number of amides is 1. The van der Waals surface area contributed by atoms with E-state index in [1.54, 1.807) is 12.1 Å². The number of anilines is 2. The largest absolute Gasteiger partial charge is 0.471 e. The van der Waals surface area contributed by atoms with Crippen molar-refractivity contribution in [2.45, 2.75) is 31.9 Å². The minimum Gasteiger partial charge on any atom is -0.398 e. The van der Waals surface area contributed by atoms with Crippen molar-refractivity contribution in [3.63, 3.8) is 0 Å². The van der Waals surface area contributed by atoms with Crippen molar-refractivity contribution in [3.05, 3.63) is 152 Å². The molecule has 0 aliphatic rings. The number of hydrogen-bond acceptors (Lipinski definition) is 8. The van der Waals surface area contributed by atoms with Gasteiger partial charge in [-0.05, 0) is 78.4 Å². The van der Waals surface area contributed by atoms with Crippen LogP contribution in [0, 0.1) is 0 Å². The van der Waals surface area contributed by atoms with E-state index < -0.39 is 12.1 Å². The summed E-state index contributed by atoms with van der Waals surface area (Å²) in [5.74, 6) is 0.214. The fourth-order valence-corrected chi connectivity index (χ4v) is 5.37. The number of nitrogens with zero attached hydrogens (tertiary/aromatic N) is 4. The quantitative estimate of drug-likeness (QED) is 0.141. The standard InChI is InChI=1S/C18H13BrF3N3O2.C16H14BrN3O/c19-13-8-12(6-7-14(13)23-17(26)18(20,21)22)10-16-24-15(25-27-16)9-11-4-2-1-3-5-11;17-13-8-12(6-7-14(13)18)10-16-19-15(20-21-16)9-11-4-2-1-3-5-11/h1-8H,9-10H2,(H,23,26);1-8H,9-10,18H2. The molecule has 0 atom stereocenters. The number of alkyl halides is 3. The van der Waals surface area contributed by atoms with E-state index in [-0.39, 0.29) is 5.69 Å². The molecule has 48 heavy (non-hydrogen) atoms. The number of hydrogen-bond donors (Lipinski definition) is 2. The maximum atomic E-state index is 12.3. The summed E-state index contributed by atoms with van der Waals surface area (Å²) in [6.07, 6.45) is -2.82. The second kappa shape index (κ2) is 15.8. The maximum Gasteiger partial charge on any atom is 0.471 e. The molecule has 0 radical (unpaired) electrons. The zero-order valence-corrected chi connectivity index (χ0v) is 28.2. The first-order valence-electron chi connectivity index (χ1n) is 14.4. The van der Waals surface area contributed by atoms with Gasteiger partial charge in [0, 0.05) is 27.5 Å². The number of halogens is 5. The number of nitrogens with two attached hydrogens (primary N) is 1. The number of carbonyl (C=O) groups excluding carboxylic acids is 1. The van der Waals surface area contributed by atoms with Gasteiger partial charge in [-0.3, -0.25) is 4.79 Å². The van der Waals surface area contributed by atoms with Crippen molar-refractivity contribution in [3.8, 4) is 0 Å². The summed E-state index contributed by atoms with van der Waals surface area (Å²) in [5, 5.41) is 9.77. The molecule has 0 aliphatic carbocycles. The molecular weight excluding hydrogens is 757 g/mol. The van der Waals surface area contributed by atoms with Crippen LogP contribution in [0.5, 0.6) is 0 Å². The Hall–Kier alpha value is -4.82. The summed E-state index contributed by atoms with van der Waals surface area (Å²) >= 11 is 6.57. The van der Waals surface area contributed by atoms with Gasteiger partial charge in [0.05, 0.1) is 18.5 Å². The van der Waals surface area contributed by atoms with Crippen LogP contribution in [0.2, 0.25) is 0 Å². The lowest BCUT2D eigenvalue weighted by Gasteiger charge is -2.10. The van der Waals surface area contributed by atoms with E-state index in [1.807, 2.05) is 84.2 Å². The van der Waals surface area contributed by atoms with E-state index in [0.717, 1.165) is 21.2 Å². The molecular formula is C34H27Br2F3N6O3. The number of aromatic nitrogens is 4. The summed E-state index contributed by atoms with van der Waals surface area (Å²) < 4.78 is 48.7. The van der Waals surface area contributed by atoms with E-state index in [9.17, 15) is 18.0 Å². The highest BCUT2D eigenvalue weighted by molar-refractivity contribution is 9.11. The van der Waals surface area contributed by atoms with E-state index in [2.05, 4.69) is 52.1 Å². The van der Waals surface area contributed by atoms with Gasteiger partial charge < -0.3 is 20.1 Å². The van der Waals surface area contributed by atoms with Gasteiger partial charge in [-0.25, -0.2) is 0 Å². The van der Waals surface area contributed by atoms with Gasteiger partial charge in [-0.1, -0.05) is 83.1 Å². The zero-order chi connectivity index (χ0) is 34.1. The Balaban J connectivity index is 0.000000194. The van der Waals surface area contributed by atoms with Gasteiger partial charge in [-0.15, -0.1) is 0 Å². The monoisotopic (exact) mass is 782 g/mol. The molecule has 9 nitrogen and oxygen atoms in total. The number of nitrogens with one attached hydrogen (secondary N) is 1. The molecule has 0 saturated heterocycles. The second-order valence-electron chi connectivity index (χ2n) is 10.5. The molecule has 6 aromatic rings. The highest BCUT2D eigenvalue weighted by atomic mass is 79.9. The van der Waals surface area contributed by atoms with Crippen LogP contribution >= 0.6 is 31.9 Å². The lowest BCUT2D eigenvalue weighted by Crippen LogP contribution is -2.30. The molecule has 0 saturated carbocycles. The predicted octanol–water partition coefficient (Wildman–Crippen LogP) is 8.11. The Bertz CT molecular complexity index is 1970. The first-order valence-corrected chi connectivity index (χ1v) is 16.0. The first-order chi connectivity index (χ1) is 23.0. The number of benzene rings is 4. The van der Waals surface area contributed by atoms with Crippen LogP contribution in [0.15, 0.2) is 115 Å². The highest BCUT2D eigenvalue weighted by Gasteiger charge is 2.38. The summed E-state index contributed by atoms with van der Waals surface area (Å²) in [5.41, 5.74) is 10.5. The molecule has 0 spiro atoms. The fraction of sp³-hybridized carbons (Fsp3) is 0.147. The van der Waals surface area contributed by atoms with Gasteiger partial charge >= 0.3 is 12.1 Å². The molecule has 0 unspecified atom stereocenters. The van der Waals surface area contributed by atoms with E-state index >= 15 is 0 Å². The van der Waals surface area contributed by atoms with Crippen LogP contribution in [0.25, 0.3) is 0 Å². The fourth-order valence-electron chi connectivity index (χ4n) is 4.42. The van der Waals surface area contributed by atoms with E-state index in [4.69, 9.17) is 14.8 Å². The molecule has 0 bridgehead atoms. The summed E-state index contributed by atoms with van der Waals surface area (Å²) in [4.78, 5) is 19.8. The number of carbonyl (C=O) groups is 1. The van der Waals surface area contributed by atoms with E-state index in [0.29, 0.717) is 59.3 Å². The van der Waals surface area contributed by atoms with Gasteiger partial charge in [0.25, 0.3) is 0 Å². The second-order valence-corrected chi connectivity index (χ2v) is 12.2. The number of rotatable bonds is 9. The summed E-state index contributed by atoms with van der Waals surface area (Å²) in [6.45, 7) is 0. The van der Waals surface area contributed by atoms with Crippen molar-refractivity contribution in [2.75, 3.05) is 11.1 Å². The van der Waals surface area contributed by atoms with Crippen molar-refractivity contribution in [2.24, 2.45) is 0 Å². The molecule has 1 amide bonds. The van der Waals surface area contributed by atoms with Crippen LogP contribution in [0.4, 0.5) is 24.5 Å². The highest BCUT2D eigenvalue weighted by Crippen LogP contribution is 2.27. The molecule has 0 aliphatic heterocycles. The zero-order valence-electron chi connectivity index (χ0n) is 25.0. The van der Waals surface area contributed by atoms with Crippen LogP contribution in [0.3, 0.4) is 0 Å². The van der Waals surface area contributed by atoms with Crippen molar-refractivity contribution in [1.82, 2.24) is 20.3 Å². The molecule has 3 N–H and O–H groups in total. The van der Waals surface area contributed by atoms with Crippen molar-refractivity contribution in [1.29, 1.82) is 0 Å².